The molecule has 0 amide bonds. The molecule has 26 heavy (non-hydrogen) atoms. The largest absolute Gasteiger partial charge is 0.478 e. The van der Waals surface area contributed by atoms with Crippen LogP contribution in [0.3, 0.4) is 0 Å². The summed E-state index contributed by atoms with van der Waals surface area (Å²) in [7, 11) is 0. The van der Waals surface area contributed by atoms with Crippen molar-refractivity contribution in [2.24, 2.45) is 0 Å². The average Bonchev–Trinajstić information content (AvgIpc) is 2.95. The molecule has 7 nitrogen and oxygen atoms in total. The van der Waals surface area contributed by atoms with Gasteiger partial charge in [0.1, 0.15) is 21.9 Å². The molecule has 0 aliphatic heterocycles. The van der Waals surface area contributed by atoms with Gasteiger partial charge in [-0.2, -0.15) is 0 Å². The molecule has 8 heteroatoms. The van der Waals surface area contributed by atoms with Crippen molar-refractivity contribution in [3.05, 3.63) is 46.1 Å². The maximum absolute atomic E-state index is 12.1. The number of carboxylic acid groups (broad SMARTS) is 1. The normalized spacial score (nSPS) is 10.7. The topological polar surface area (TPSA) is 101 Å². The van der Waals surface area contributed by atoms with Crippen LogP contribution in [0.2, 0.25) is 0 Å². The van der Waals surface area contributed by atoms with Crippen LogP contribution in [0, 0.1) is 13.8 Å². The first kappa shape index (κ1) is 17.8. The van der Waals surface area contributed by atoms with Gasteiger partial charge in [-0.1, -0.05) is 6.07 Å². The summed E-state index contributed by atoms with van der Waals surface area (Å²) >= 11 is 1.25. The lowest BCUT2D eigenvalue weighted by Crippen LogP contribution is -2.04. The minimum absolute atomic E-state index is 0.178. The van der Waals surface area contributed by atoms with E-state index in [1.165, 1.54) is 17.7 Å². The Balaban J connectivity index is 2.08. The van der Waals surface area contributed by atoms with Crippen molar-refractivity contribution in [1.29, 1.82) is 0 Å². The molecule has 0 saturated carbocycles. The summed E-state index contributed by atoms with van der Waals surface area (Å²) in [5.41, 5.74) is 2.42. The molecule has 0 radical (unpaired) electrons. The lowest BCUT2D eigenvalue weighted by molar-refractivity contribution is 0.0531. The van der Waals surface area contributed by atoms with Gasteiger partial charge in [-0.3, -0.25) is 0 Å². The third-order valence-electron chi connectivity index (χ3n) is 3.93. The standard InChI is InChI=1S/C18H17N3O4S/c1-4-25-18(24)14-10(3)13-15(19-8-20-16(13)26-14)21-12-7-11(17(22)23)6-5-9(12)2/h5-8H,4H2,1-3H3,(H,22,23)(H,19,20,21). The smallest absolute Gasteiger partial charge is 0.348 e. The number of nitrogens with one attached hydrogen (secondary N) is 1. The molecule has 0 bridgehead atoms. The fraction of sp³-hybridized carbons (Fsp3) is 0.222. The number of thiophene rings is 1. The molecule has 0 aliphatic carbocycles. The summed E-state index contributed by atoms with van der Waals surface area (Å²) in [6, 6.07) is 4.83. The van der Waals surface area contributed by atoms with E-state index in [-0.39, 0.29) is 11.5 Å². The van der Waals surface area contributed by atoms with Crippen molar-refractivity contribution in [2.45, 2.75) is 20.8 Å². The first-order valence-electron chi connectivity index (χ1n) is 7.94. The summed E-state index contributed by atoms with van der Waals surface area (Å²) in [4.78, 5) is 33.0. The van der Waals surface area contributed by atoms with Crippen LogP contribution in [-0.4, -0.2) is 33.6 Å². The van der Waals surface area contributed by atoms with Gasteiger partial charge in [-0.05, 0) is 44.0 Å². The number of ether oxygens (including phenoxy) is 1. The van der Waals surface area contributed by atoms with Crippen LogP contribution in [0.4, 0.5) is 11.5 Å². The number of esters is 1. The molecule has 0 atom stereocenters. The number of fused-ring (bicyclic) bond motifs is 1. The summed E-state index contributed by atoms with van der Waals surface area (Å²) in [5, 5.41) is 13.1. The van der Waals surface area contributed by atoms with E-state index >= 15 is 0 Å². The highest BCUT2D eigenvalue weighted by molar-refractivity contribution is 7.20. The molecule has 3 aromatic rings. The Morgan fingerprint density at radius 2 is 2.04 bits per heavy atom. The molecule has 0 aliphatic rings. The van der Waals surface area contributed by atoms with Crippen LogP contribution >= 0.6 is 11.3 Å². The van der Waals surface area contributed by atoms with Crippen LogP contribution in [0.5, 0.6) is 0 Å². The van der Waals surface area contributed by atoms with Crippen molar-refractivity contribution in [1.82, 2.24) is 9.97 Å². The Kier molecular flexibility index (Phi) is 4.85. The lowest BCUT2D eigenvalue weighted by Gasteiger charge is -2.11. The van der Waals surface area contributed by atoms with Crippen LogP contribution in [-0.2, 0) is 4.74 Å². The number of anilines is 2. The molecule has 0 spiro atoms. The Hall–Kier alpha value is -3.00. The number of aromatic nitrogens is 2. The van der Waals surface area contributed by atoms with E-state index in [0.717, 1.165) is 16.5 Å². The first-order chi connectivity index (χ1) is 12.4. The molecule has 2 aromatic heterocycles. The zero-order valence-corrected chi connectivity index (χ0v) is 15.3. The summed E-state index contributed by atoms with van der Waals surface area (Å²) in [5.74, 6) is -0.870. The highest BCUT2D eigenvalue weighted by Crippen LogP contribution is 2.35. The van der Waals surface area contributed by atoms with Crippen LogP contribution in [0.25, 0.3) is 10.2 Å². The van der Waals surface area contributed by atoms with Crippen molar-refractivity contribution >= 4 is 45.0 Å². The van der Waals surface area contributed by atoms with E-state index < -0.39 is 5.97 Å². The van der Waals surface area contributed by atoms with E-state index in [1.54, 1.807) is 25.1 Å². The lowest BCUT2D eigenvalue weighted by atomic mass is 10.1. The molecule has 2 N–H and O–H groups in total. The molecule has 0 fully saturated rings. The monoisotopic (exact) mass is 371 g/mol. The van der Waals surface area contributed by atoms with Crippen molar-refractivity contribution in [3.63, 3.8) is 0 Å². The molecule has 1 aromatic carbocycles. The molecule has 2 heterocycles. The van der Waals surface area contributed by atoms with Gasteiger partial charge in [-0.15, -0.1) is 11.3 Å². The van der Waals surface area contributed by atoms with Gasteiger partial charge in [0.15, 0.2) is 0 Å². The zero-order chi connectivity index (χ0) is 18.8. The molecule has 134 valence electrons. The third kappa shape index (κ3) is 3.23. The Morgan fingerprint density at radius 1 is 1.27 bits per heavy atom. The fourth-order valence-corrected chi connectivity index (χ4v) is 3.62. The number of benzene rings is 1. The predicted octanol–water partition coefficient (Wildman–Crippen LogP) is 3.93. The van der Waals surface area contributed by atoms with Gasteiger partial charge in [-0.25, -0.2) is 19.6 Å². The van der Waals surface area contributed by atoms with Gasteiger partial charge in [0.05, 0.1) is 17.6 Å². The van der Waals surface area contributed by atoms with Crippen LogP contribution in [0.1, 0.15) is 38.1 Å². The van der Waals surface area contributed by atoms with Crippen molar-refractivity contribution in [2.75, 3.05) is 11.9 Å². The van der Waals surface area contributed by atoms with Crippen LogP contribution < -0.4 is 5.32 Å². The van der Waals surface area contributed by atoms with Gasteiger partial charge < -0.3 is 15.2 Å². The number of carboxylic acids is 1. The second-order valence-electron chi connectivity index (χ2n) is 5.64. The number of carbonyl (C=O) groups excluding carboxylic acids is 1. The second-order valence-corrected chi connectivity index (χ2v) is 6.64. The molecule has 3 rings (SSSR count). The number of carbonyl (C=O) groups is 2. The first-order valence-corrected chi connectivity index (χ1v) is 8.76. The summed E-state index contributed by atoms with van der Waals surface area (Å²) in [6.07, 6.45) is 1.41. The van der Waals surface area contributed by atoms with Gasteiger partial charge in [0.25, 0.3) is 0 Å². The van der Waals surface area contributed by atoms with Crippen molar-refractivity contribution in [3.8, 4) is 0 Å². The maximum Gasteiger partial charge on any atom is 0.348 e. The number of aromatic carboxylic acids is 1. The van der Waals surface area contributed by atoms with E-state index in [9.17, 15) is 14.7 Å². The number of nitrogens with zero attached hydrogens (tertiary/aromatic N) is 2. The molecular weight excluding hydrogens is 354 g/mol. The predicted molar refractivity (Wildman–Crippen MR) is 99.5 cm³/mol. The number of aryl methyl sites for hydroxylation is 2. The number of hydrogen-bond donors (Lipinski definition) is 2. The fourth-order valence-electron chi connectivity index (χ4n) is 2.58. The van der Waals surface area contributed by atoms with E-state index in [2.05, 4.69) is 15.3 Å². The highest BCUT2D eigenvalue weighted by Gasteiger charge is 2.20. The Morgan fingerprint density at radius 3 is 2.73 bits per heavy atom. The quantitative estimate of drug-likeness (QED) is 0.655. The van der Waals surface area contributed by atoms with Crippen molar-refractivity contribution < 1.29 is 19.4 Å². The minimum atomic E-state index is -1.00. The summed E-state index contributed by atoms with van der Waals surface area (Å²) in [6.45, 7) is 5.74. The Bertz CT molecular complexity index is 1010. The maximum atomic E-state index is 12.1. The van der Waals surface area contributed by atoms with Gasteiger partial charge >= 0.3 is 11.9 Å². The number of rotatable bonds is 5. The average molecular weight is 371 g/mol. The minimum Gasteiger partial charge on any atom is -0.478 e. The SMILES string of the molecule is CCOC(=O)c1sc2ncnc(Nc3cc(C(=O)O)ccc3C)c2c1C. The molecular formula is C18H17N3O4S. The van der Waals surface area contributed by atoms with Crippen LogP contribution in [0.15, 0.2) is 24.5 Å². The van der Waals surface area contributed by atoms with Gasteiger partial charge in [0, 0.05) is 5.69 Å². The summed E-state index contributed by atoms with van der Waals surface area (Å²) < 4.78 is 5.10. The van der Waals surface area contributed by atoms with E-state index in [0.29, 0.717) is 27.8 Å². The zero-order valence-electron chi connectivity index (χ0n) is 14.5. The molecule has 0 saturated heterocycles. The van der Waals surface area contributed by atoms with E-state index in [1.807, 2.05) is 13.8 Å². The highest BCUT2D eigenvalue weighted by atomic mass is 32.1. The van der Waals surface area contributed by atoms with Gasteiger partial charge in [0.2, 0.25) is 0 Å². The van der Waals surface area contributed by atoms with E-state index in [4.69, 9.17) is 4.74 Å². The second kappa shape index (κ2) is 7.09. The number of hydrogen-bond acceptors (Lipinski definition) is 7. The third-order valence-corrected chi connectivity index (χ3v) is 5.11. The Labute approximate surface area is 153 Å². The molecule has 0 unspecified atom stereocenters.